The van der Waals surface area contributed by atoms with Crippen LogP contribution in [0.4, 0.5) is 13.2 Å². The molecule has 0 aliphatic carbocycles. The minimum Gasteiger partial charge on any atom is -0.489 e. The van der Waals surface area contributed by atoms with E-state index in [9.17, 15) is 18.0 Å². The molecule has 0 saturated carbocycles. The molecule has 4 aromatic carbocycles. The molecule has 0 N–H and O–H groups in total. The number of ether oxygens (including phenoxy) is 1. The summed E-state index contributed by atoms with van der Waals surface area (Å²) in [5.41, 5.74) is 2.63. The van der Waals surface area contributed by atoms with E-state index in [0.29, 0.717) is 29.0 Å². The highest BCUT2D eigenvalue weighted by Gasteiger charge is 2.34. The monoisotopic (exact) mass is 497 g/mol. The topological polar surface area (TPSA) is 39.2 Å². The van der Waals surface area contributed by atoms with E-state index in [4.69, 9.17) is 4.74 Å². The van der Waals surface area contributed by atoms with Crippen LogP contribution in [0.15, 0.2) is 103 Å². The van der Waals surface area contributed by atoms with Gasteiger partial charge in [0, 0.05) is 28.3 Å². The molecule has 0 radical (unpaired) electrons. The fraction of sp³-hybridized carbons (Fsp3) is 0.0968. The van der Waals surface area contributed by atoms with Gasteiger partial charge in [0.1, 0.15) is 12.4 Å². The van der Waals surface area contributed by atoms with Crippen molar-refractivity contribution in [3.05, 3.63) is 131 Å². The summed E-state index contributed by atoms with van der Waals surface area (Å²) in [6.45, 7) is 2.33. The van der Waals surface area contributed by atoms with Crippen LogP contribution in [0.1, 0.15) is 32.6 Å². The SMILES string of the molecule is Cc1cccc(COc2cccc(-c3c(C(=O)c4ccccc4)cnc4c(C(F)(F)F)cccc34)c2)c1. The molecule has 0 aliphatic rings. The lowest BCUT2D eigenvalue weighted by molar-refractivity contribution is -0.136. The smallest absolute Gasteiger partial charge is 0.418 e. The Bertz CT molecular complexity index is 1590. The number of alkyl halides is 3. The first-order chi connectivity index (χ1) is 17.8. The molecule has 5 aromatic rings. The van der Waals surface area contributed by atoms with Crippen molar-refractivity contribution in [2.75, 3.05) is 0 Å². The molecule has 0 atom stereocenters. The summed E-state index contributed by atoms with van der Waals surface area (Å²) in [5, 5.41) is 0.243. The van der Waals surface area contributed by atoms with Gasteiger partial charge in [0.25, 0.3) is 0 Å². The number of aryl methyl sites for hydroxylation is 1. The van der Waals surface area contributed by atoms with E-state index in [1.54, 1.807) is 60.7 Å². The summed E-state index contributed by atoms with van der Waals surface area (Å²) in [7, 11) is 0. The molecule has 0 saturated heterocycles. The van der Waals surface area contributed by atoms with E-state index in [2.05, 4.69) is 4.98 Å². The molecule has 0 fully saturated rings. The van der Waals surface area contributed by atoms with Crippen molar-refractivity contribution < 1.29 is 22.7 Å². The van der Waals surface area contributed by atoms with Crippen molar-refractivity contribution >= 4 is 16.7 Å². The number of rotatable bonds is 6. The van der Waals surface area contributed by atoms with Crippen molar-refractivity contribution in [3.8, 4) is 16.9 Å². The molecule has 6 heteroatoms. The highest BCUT2D eigenvalue weighted by Crippen LogP contribution is 2.39. The number of fused-ring (bicyclic) bond motifs is 1. The van der Waals surface area contributed by atoms with Crippen molar-refractivity contribution in [1.29, 1.82) is 0 Å². The van der Waals surface area contributed by atoms with Gasteiger partial charge in [-0.1, -0.05) is 84.4 Å². The van der Waals surface area contributed by atoms with Crippen molar-refractivity contribution in [2.24, 2.45) is 0 Å². The van der Waals surface area contributed by atoms with Gasteiger partial charge in [0.15, 0.2) is 5.78 Å². The molecule has 0 bridgehead atoms. The summed E-state index contributed by atoms with van der Waals surface area (Å²) in [5.74, 6) is 0.211. The zero-order valence-corrected chi connectivity index (χ0v) is 19.9. The van der Waals surface area contributed by atoms with E-state index >= 15 is 0 Å². The maximum atomic E-state index is 13.8. The molecular weight excluding hydrogens is 475 g/mol. The molecule has 37 heavy (non-hydrogen) atoms. The number of para-hydroxylation sites is 1. The first kappa shape index (κ1) is 24.3. The molecule has 3 nitrogen and oxygen atoms in total. The third kappa shape index (κ3) is 5.09. The van der Waals surface area contributed by atoms with Crippen LogP contribution in [-0.2, 0) is 12.8 Å². The summed E-state index contributed by atoms with van der Waals surface area (Å²) in [6.07, 6.45) is -3.35. The van der Waals surface area contributed by atoms with Crippen molar-refractivity contribution in [3.63, 3.8) is 0 Å². The van der Waals surface area contributed by atoms with Crippen LogP contribution in [0, 0.1) is 6.92 Å². The Kier molecular flexibility index (Phi) is 6.49. The lowest BCUT2D eigenvalue weighted by Gasteiger charge is -2.16. The van der Waals surface area contributed by atoms with Gasteiger partial charge in [-0.25, -0.2) is 0 Å². The first-order valence-electron chi connectivity index (χ1n) is 11.7. The fourth-order valence-electron chi connectivity index (χ4n) is 4.39. The molecule has 0 unspecified atom stereocenters. The predicted octanol–water partition coefficient (Wildman–Crippen LogP) is 8.04. The molecule has 0 aliphatic heterocycles. The minimum absolute atomic E-state index is 0.208. The first-order valence-corrected chi connectivity index (χ1v) is 11.7. The molecular formula is C31H22F3NO2. The Balaban J connectivity index is 1.65. The van der Waals surface area contributed by atoms with Gasteiger partial charge in [0.05, 0.1) is 11.1 Å². The molecule has 184 valence electrons. The van der Waals surface area contributed by atoms with Crippen LogP contribution in [0.2, 0.25) is 0 Å². The van der Waals surface area contributed by atoms with Gasteiger partial charge in [-0.05, 0) is 36.2 Å². The van der Waals surface area contributed by atoms with Crippen LogP contribution in [0.25, 0.3) is 22.0 Å². The zero-order valence-electron chi connectivity index (χ0n) is 19.9. The molecule has 1 heterocycles. The Morgan fingerprint density at radius 3 is 2.38 bits per heavy atom. The van der Waals surface area contributed by atoms with E-state index in [-0.39, 0.29) is 22.2 Å². The van der Waals surface area contributed by atoms with Crippen LogP contribution < -0.4 is 4.74 Å². The Morgan fingerprint density at radius 1 is 0.865 bits per heavy atom. The number of carbonyl (C=O) groups is 1. The number of hydrogen-bond donors (Lipinski definition) is 0. The fourth-order valence-corrected chi connectivity index (χ4v) is 4.39. The Hall–Kier alpha value is -4.45. The Morgan fingerprint density at radius 2 is 1.62 bits per heavy atom. The molecule has 1 aromatic heterocycles. The van der Waals surface area contributed by atoms with Crippen molar-refractivity contribution in [1.82, 2.24) is 4.98 Å². The number of ketones is 1. The van der Waals surface area contributed by atoms with E-state index in [0.717, 1.165) is 17.2 Å². The number of carbonyl (C=O) groups excluding carboxylic acids is 1. The second-order valence-corrected chi connectivity index (χ2v) is 8.75. The number of hydrogen-bond acceptors (Lipinski definition) is 3. The van der Waals surface area contributed by atoms with Crippen LogP contribution in [0.5, 0.6) is 5.75 Å². The normalized spacial score (nSPS) is 11.5. The summed E-state index contributed by atoms with van der Waals surface area (Å²) >= 11 is 0. The number of halogens is 3. The van der Waals surface area contributed by atoms with Gasteiger partial charge in [-0.2, -0.15) is 13.2 Å². The maximum absolute atomic E-state index is 13.8. The number of benzene rings is 4. The lowest BCUT2D eigenvalue weighted by Crippen LogP contribution is -2.09. The van der Waals surface area contributed by atoms with Gasteiger partial charge in [-0.15, -0.1) is 0 Å². The summed E-state index contributed by atoms with van der Waals surface area (Å²) < 4.78 is 47.4. The van der Waals surface area contributed by atoms with Crippen LogP contribution in [-0.4, -0.2) is 10.8 Å². The Labute approximate surface area is 212 Å². The number of aromatic nitrogens is 1. The highest BCUT2D eigenvalue weighted by atomic mass is 19.4. The zero-order chi connectivity index (χ0) is 26.0. The van der Waals surface area contributed by atoms with E-state index in [1.807, 2.05) is 31.2 Å². The summed E-state index contributed by atoms with van der Waals surface area (Å²) in [4.78, 5) is 17.6. The van der Waals surface area contributed by atoms with Crippen molar-refractivity contribution in [2.45, 2.75) is 19.7 Å². The minimum atomic E-state index is -4.59. The van der Waals surface area contributed by atoms with Crippen LogP contribution >= 0.6 is 0 Å². The largest absolute Gasteiger partial charge is 0.489 e. The standard InChI is InChI=1S/C31H22F3NO2/c1-20-8-5-9-21(16-20)19-37-24-13-6-12-23(17-24)28-25-14-7-15-27(31(32,33)34)29(25)35-18-26(28)30(36)22-10-3-2-4-11-22/h2-18H,19H2,1H3. The third-order valence-electron chi connectivity index (χ3n) is 6.09. The van der Waals surface area contributed by atoms with Gasteiger partial charge >= 0.3 is 6.18 Å². The molecule has 5 rings (SSSR count). The predicted molar refractivity (Wildman–Crippen MR) is 138 cm³/mol. The van der Waals surface area contributed by atoms with Crippen LogP contribution in [0.3, 0.4) is 0 Å². The third-order valence-corrected chi connectivity index (χ3v) is 6.09. The van der Waals surface area contributed by atoms with E-state index < -0.39 is 11.7 Å². The van der Waals surface area contributed by atoms with Gasteiger partial charge in [-0.3, -0.25) is 9.78 Å². The second kappa shape index (κ2) is 9.90. The second-order valence-electron chi connectivity index (χ2n) is 8.75. The number of pyridine rings is 1. The summed E-state index contributed by atoms with van der Waals surface area (Å²) in [6, 6.07) is 27.5. The molecule has 0 amide bonds. The van der Waals surface area contributed by atoms with E-state index in [1.165, 1.54) is 12.3 Å². The average Bonchev–Trinajstić information content (AvgIpc) is 2.90. The quantitative estimate of drug-likeness (QED) is 0.223. The number of nitrogens with zero attached hydrogens (tertiary/aromatic N) is 1. The average molecular weight is 498 g/mol. The van der Waals surface area contributed by atoms with Gasteiger partial charge < -0.3 is 4.74 Å². The maximum Gasteiger partial charge on any atom is 0.418 e. The van der Waals surface area contributed by atoms with Gasteiger partial charge in [0.2, 0.25) is 0 Å². The lowest BCUT2D eigenvalue weighted by atomic mass is 9.91. The highest BCUT2D eigenvalue weighted by molar-refractivity contribution is 6.16. The molecule has 0 spiro atoms.